The number of nitrogens with zero attached hydrogens (tertiary/aromatic N) is 2. The first-order valence-corrected chi connectivity index (χ1v) is 20.0. The smallest absolute Gasteiger partial charge is 0.193 e. The van der Waals surface area contributed by atoms with Gasteiger partial charge in [-0.25, -0.2) is 9.98 Å². The summed E-state index contributed by atoms with van der Waals surface area (Å²) in [6.07, 6.45) is 10.8. The van der Waals surface area contributed by atoms with E-state index in [9.17, 15) is 0 Å². The molecule has 10 nitrogen and oxygen atoms in total. The fourth-order valence-electron chi connectivity index (χ4n) is 4.58. The first kappa shape index (κ1) is 41.9. The Labute approximate surface area is 333 Å². The molecule has 0 saturated heterocycles. The number of rotatable bonds is 12. The fraction of sp³-hybridized carbons (Fsp3) is 0.188. The maximum atomic E-state index is 8.52. The molecule has 51 heavy (non-hydrogen) atoms. The molecule has 2 aliphatic rings. The minimum Gasteiger partial charge on any atom is -0.759 e. The monoisotopic (exact) mass is 870 g/mol. The van der Waals surface area contributed by atoms with Crippen LogP contribution in [0.1, 0.15) is 34.5 Å². The molecule has 0 spiro atoms. The Balaban J connectivity index is 0.000000202. The fourth-order valence-corrected chi connectivity index (χ4v) is 7.44. The summed E-state index contributed by atoms with van der Waals surface area (Å²) in [6, 6.07) is 14.8. The van der Waals surface area contributed by atoms with Crippen LogP contribution in [0.3, 0.4) is 0 Å². The lowest BCUT2D eigenvalue weighted by Gasteiger charge is -2.20. The lowest BCUT2D eigenvalue weighted by atomic mass is 10.1. The molecule has 0 fully saturated rings. The number of aliphatic imine (C=N–C) groups is 2. The summed E-state index contributed by atoms with van der Waals surface area (Å²) in [4.78, 5) is 10.4. The van der Waals surface area contributed by atoms with Crippen LogP contribution in [0.5, 0.6) is 0 Å². The standard InChI is InChI=1S/2C16H13Cl3N2OS.H2O4S/c2*17-12-1-2-13(14(18)7-12)15(8-21-5-4-20-10-21)22-9-11-3-6-23-16(11)19;1-5(2,3)4/h2*1-7,10,15H,8-9H2;(H2,1,2,3,4). The second-order valence-electron chi connectivity index (χ2n) is 10.5. The predicted octanol–water partition coefficient (Wildman–Crippen LogP) is 7.39. The SMILES string of the molecule is Clc1ccc(C(C[NH+]2C=CN=C2)OCc2ccsc2Cl)c(Cl)c1.Clc1ccc(C(C[NH+]2C=CN=C2)OCc2ccsc2Cl)c(Cl)c1.O=S(=O)([O-])[O-]. The Morgan fingerprint density at radius 3 is 1.35 bits per heavy atom. The number of thiophene rings is 2. The molecule has 272 valence electrons. The quantitative estimate of drug-likeness (QED) is 0.113. The van der Waals surface area contributed by atoms with Crippen LogP contribution in [0.25, 0.3) is 0 Å². The van der Waals surface area contributed by atoms with Gasteiger partial charge >= 0.3 is 0 Å². The van der Waals surface area contributed by atoms with Gasteiger partial charge in [0.25, 0.3) is 0 Å². The van der Waals surface area contributed by atoms with Gasteiger partial charge in [-0.1, -0.05) is 81.7 Å². The normalized spacial score (nSPS) is 17.2. The molecule has 0 radical (unpaired) electrons. The van der Waals surface area contributed by atoms with Crippen molar-refractivity contribution < 1.29 is 36.8 Å². The zero-order valence-electron chi connectivity index (χ0n) is 26.1. The van der Waals surface area contributed by atoms with Crippen LogP contribution in [0.4, 0.5) is 0 Å². The van der Waals surface area contributed by atoms with Gasteiger partial charge in [0.15, 0.2) is 12.7 Å². The van der Waals surface area contributed by atoms with E-state index in [0.29, 0.717) is 46.4 Å². The van der Waals surface area contributed by atoms with Gasteiger partial charge < -0.3 is 18.6 Å². The third kappa shape index (κ3) is 14.5. The third-order valence-electron chi connectivity index (χ3n) is 6.96. The molecular weight excluding hydrogens is 845 g/mol. The van der Waals surface area contributed by atoms with Crippen LogP contribution < -0.4 is 9.80 Å². The molecule has 4 atom stereocenters. The summed E-state index contributed by atoms with van der Waals surface area (Å²) in [5.74, 6) is 0. The van der Waals surface area contributed by atoms with E-state index in [2.05, 4.69) is 9.98 Å². The molecule has 0 saturated carbocycles. The summed E-state index contributed by atoms with van der Waals surface area (Å²) >= 11 is 40.0. The van der Waals surface area contributed by atoms with E-state index in [4.69, 9.17) is 96.6 Å². The Hall–Kier alpha value is -1.89. The number of hydrogen-bond acceptors (Lipinski definition) is 10. The van der Waals surface area contributed by atoms with E-state index in [1.807, 2.05) is 72.2 Å². The number of benzene rings is 2. The average Bonchev–Trinajstić information content (AvgIpc) is 3.88. The second-order valence-corrected chi connectivity index (χ2v) is 16.1. The average molecular weight is 874 g/mol. The lowest BCUT2D eigenvalue weighted by molar-refractivity contribution is -0.742. The van der Waals surface area contributed by atoms with Gasteiger partial charge in [-0.15, -0.1) is 22.7 Å². The summed E-state index contributed by atoms with van der Waals surface area (Å²) in [7, 11) is -5.17. The summed E-state index contributed by atoms with van der Waals surface area (Å²) in [5.41, 5.74) is 3.77. The Morgan fingerprint density at radius 1 is 0.667 bits per heavy atom. The van der Waals surface area contributed by atoms with Gasteiger partial charge in [0.2, 0.25) is 0 Å². The van der Waals surface area contributed by atoms with Crippen molar-refractivity contribution in [1.82, 2.24) is 0 Å². The molecule has 2 aromatic carbocycles. The summed E-state index contributed by atoms with van der Waals surface area (Å²) in [6.45, 7) is 2.23. The highest BCUT2D eigenvalue weighted by Gasteiger charge is 2.24. The van der Waals surface area contributed by atoms with Crippen LogP contribution >= 0.6 is 92.3 Å². The van der Waals surface area contributed by atoms with Gasteiger partial charge in [-0.3, -0.25) is 18.2 Å². The van der Waals surface area contributed by atoms with Crippen molar-refractivity contribution in [2.45, 2.75) is 25.4 Å². The highest BCUT2D eigenvalue weighted by Crippen LogP contribution is 2.32. The van der Waals surface area contributed by atoms with Crippen LogP contribution in [-0.4, -0.2) is 43.3 Å². The topological polar surface area (TPSA) is 132 Å². The summed E-state index contributed by atoms with van der Waals surface area (Å²) in [5, 5.41) is 6.30. The molecule has 0 bridgehead atoms. The van der Waals surface area contributed by atoms with Crippen molar-refractivity contribution in [3.8, 4) is 0 Å². The molecule has 2 aliphatic heterocycles. The molecule has 4 unspecified atom stereocenters. The van der Waals surface area contributed by atoms with Crippen molar-refractivity contribution in [3.63, 3.8) is 0 Å². The van der Waals surface area contributed by atoms with Crippen LogP contribution in [0.15, 0.2) is 94.1 Å². The predicted molar refractivity (Wildman–Crippen MR) is 204 cm³/mol. The molecular formula is C32H28Cl6N4O6S3. The van der Waals surface area contributed by atoms with E-state index in [1.165, 1.54) is 22.7 Å². The molecule has 2 N–H and O–H groups in total. The Bertz CT molecular complexity index is 1830. The number of nitrogens with one attached hydrogen (secondary N) is 2. The largest absolute Gasteiger partial charge is 0.759 e. The lowest BCUT2D eigenvalue weighted by Crippen LogP contribution is -3.06. The molecule has 0 aliphatic carbocycles. The molecule has 0 amide bonds. The van der Waals surface area contributed by atoms with E-state index in [0.717, 1.165) is 40.7 Å². The van der Waals surface area contributed by atoms with Gasteiger partial charge in [0, 0.05) is 52.7 Å². The van der Waals surface area contributed by atoms with Gasteiger partial charge in [0.05, 0.1) is 34.3 Å². The number of ether oxygens (including phenoxy) is 2. The number of quaternary nitrogens is 2. The molecule has 6 rings (SSSR count). The second kappa shape index (κ2) is 20.5. The maximum absolute atomic E-state index is 8.52. The van der Waals surface area contributed by atoms with Crippen molar-refractivity contribution in [1.29, 1.82) is 0 Å². The van der Waals surface area contributed by atoms with Crippen molar-refractivity contribution in [2.24, 2.45) is 9.98 Å². The van der Waals surface area contributed by atoms with Crippen molar-refractivity contribution in [3.05, 3.63) is 135 Å². The highest BCUT2D eigenvalue weighted by molar-refractivity contribution is 7.79. The van der Waals surface area contributed by atoms with Crippen LogP contribution in [0, 0.1) is 0 Å². The van der Waals surface area contributed by atoms with E-state index in [1.54, 1.807) is 24.5 Å². The van der Waals surface area contributed by atoms with Crippen LogP contribution in [0.2, 0.25) is 28.8 Å². The van der Waals surface area contributed by atoms with Gasteiger partial charge in [-0.05, 0) is 47.2 Å². The minimum atomic E-state index is -5.17. The Morgan fingerprint density at radius 2 is 1.06 bits per heavy atom. The Kier molecular flexibility index (Phi) is 16.9. The molecule has 4 aromatic rings. The molecule has 2 aromatic heterocycles. The van der Waals surface area contributed by atoms with Gasteiger partial charge in [0.1, 0.15) is 37.7 Å². The highest BCUT2D eigenvalue weighted by atomic mass is 35.5. The molecule has 4 heterocycles. The number of halogens is 6. The van der Waals surface area contributed by atoms with E-state index in [-0.39, 0.29) is 12.2 Å². The minimum absolute atomic E-state index is 0.195. The molecule has 19 heteroatoms. The van der Waals surface area contributed by atoms with E-state index >= 15 is 0 Å². The third-order valence-corrected chi connectivity index (χ3v) is 10.6. The van der Waals surface area contributed by atoms with E-state index < -0.39 is 10.4 Å². The van der Waals surface area contributed by atoms with Crippen molar-refractivity contribution >= 4 is 115 Å². The van der Waals surface area contributed by atoms with Gasteiger partial charge in [-0.2, -0.15) is 0 Å². The maximum Gasteiger partial charge on any atom is 0.193 e. The van der Waals surface area contributed by atoms with Crippen molar-refractivity contribution in [2.75, 3.05) is 13.1 Å². The zero-order chi connectivity index (χ0) is 37.0. The first-order chi connectivity index (χ1) is 24.3. The number of hydrogen-bond donors (Lipinski definition) is 2. The van der Waals surface area contributed by atoms with Crippen LogP contribution in [-0.2, 0) is 33.1 Å². The zero-order valence-corrected chi connectivity index (χ0v) is 33.0. The summed E-state index contributed by atoms with van der Waals surface area (Å²) < 4.78 is 47.8. The first-order valence-electron chi connectivity index (χ1n) is 14.6.